The van der Waals surface area contributed by atoms with Gasteiger partial charge in [-0.05, 0) is 125 Å². The van der Waals surface area contributed by atoms with E-state index < -0.39 is 10.8 Å². The Kier molecular flexibility index (Phi) is 15.5. The van der Waals surface area contributed by atoms with Crippen molar-refractivity contribution >= 4 is 67.1 Å². The van der Waals surface area contributed by atoms with Gasteiger partial charge in [0.2, 0.25) is 11.4 Å². The molecule has 2 atom stereocenters. The molecule has 10 nitrogen and oxygen atoms in total. The van der Waals surface area contributed by atoms with Gasteiger partial charge in [-0.2, -0.15) is 9.15 Å². The quantitative estimate of drug-likeness (QED) is 0.0308. The molecule has 6 aromatic rings. The number of rotatable bonds is 21. The smallest absolute Gasteiger partial charge is 0.270 e. The van der Waals surface area contributed by atoms with Crippen LogP contribution in [0, 0.1) is 20.2 Å². The van der Waals surface area contributed by atoms with Crippen LogP contribution in [0.5, 0.6) is 0 Å². The molecule has 80 heavy (non-hydrogen) atoms. The van der Waals surface area contributed by atoms with Gasteiger partial charge in [-0.3, -0.25) is 20.2 Å². The van der Waals surface area contributed by atoms with Gasteiger partial charge in [0, 0.05) is 119 Å². The van der Waals surface area contributed by atoms with Crippen molar-refractivity contribution < 1.29 is 19.0 Å². The maximum absolute atomic E-state index is 12.0. The first-order valence-corrected chi connectivity index (χ1v) is 29.7. The highest BCUT2D eigenvalue weighted by Gasteiger charge is 2.49. The van der Waals surface area contributed by atoms with Crippen LogP contribution < -0.4 is 9.80 Å². The Hall–Kier alpha value is -7.46. The number of hydrogen-bond donors (Lipinski definition) is 0. The monoisotopic (exact) mass is 1070 g/mol. The number of nitro benzene ring substituents is 2. The predicted octanol–water partition coefficient (Wildman–Crippen LogP) is 17.7. The zero-order valence-electron chi connectivity index (χ0n) is 49.1. The van der Waals surface area contributed by atoms with Gasteiger partial charge in [-0.25, -0.2) is 0 Å². The molecule has 4 heterocycles. The average molecular weight is 1070 g/mol. The largest absolute Gasteiger partial charge is 0.344 e. The van der Waals surface area contributed by atoms with E-state index in [1.165, 1.54) is 66.9 Å². The minimum Gasteiger partial charge on any atom is -0.344 e. The molecule has 0 aromatic heterocycles. The van der Waals surface area contributed by atoms with Crippen LogP contribution in [0.15, 0.2) is 157 Å². The lowest BCUT2D eigenvalue weighted by Crippen LogP contribution is -2.29. The molecule has 10 rings (SSSR count). The molecule has 0 saturated carbocycles. The Morgan fingerprint density at radius 3 is 1.27 bits per heavy atom. The lowest BCUT2D eigenvalue weighted by atomic mass is 9.74. The van der Waals surface area contributed by atoms with Crippen molar-refractivity contribution in [1.29, 1.82) is 0 Å². The summed E-state index contributed by atoms with van der Waals surface area (Å²) in [5, 5.41) is 29.1. The summed E-state index contributed by atoms with van der Waals surface area (Å²) in [6.07, 6.45) is 24.4. The summed E-state index contributed by atoms with van der Waals surface area (Å²) < 4.78 is 4.78. The summed E-state index contributed by atoms with van der Waals surface area (Å²) in [7, 11) is 0. The molecule has 414 valence electrons. The van der Waals surface area contributed by atoms with Crippen molar-refractivity contribution in [2.45, 2.75) is 155 Å². The molecule has 0 amide bonds. The van der Waals surface area contributed by atoms with Gasteiger partial charge in [0.05, 0.1) is 20.7 Å². The molecule has 0 N–H and O–H groups in total. The molecule has 6 aromatic carbocycles. The van der Waals surface area contributed by atoms with E-state index in [4.69, 9.17) is 0 Å². The zero-order chi connectivity index (χ0) is 56.7. The van der Waals surface area contributed by atoms with Crippen molar-refractivity contribution in [3.05, 3.63) is 200 Å². The van der Waals surface area contributed by atoms with Gasteiger partial charge < -0.3 is 9.80 Å². The Bertz CT molecular complexity index is 3390. The highest BCUT2D eigenvalue weighted by molar-refractivity contribution is 6.04. The highest BCUT2D eigenvalue weighted by atomic mass is 16.6. The number of likely N-dealkylation sites (N-methyl/N-ethyl adjacent to an activating group) is 2. The molecule has 4 aliphatic rings. The number of nitro groups is 2. The maximum atomic E-state index is 12.0. The molecule has 4 aliphatic heterocycles. The molecule has 0 fully saturated rings. The SMILES string of the molecule is CCCC[N+]1=C(C=CC=C2N(CC)c3ccc4ccccc4c3C2(C)CCCCCCC2(C)C(=CC=CC3=[N+](CCCC)c4ccc([N+](=O)[O-])cc4C3(C)C)N(CC)c3ccc4ccccc4c32)C(C)(C)c2cc([N+](=O)[O-])ccc21. The van der Waals surface area contributed by atoms with E-state index in [-0.39, 0.29) is 32.1 Å². The topological polar surface area (TPSA) is 98.8 Å². The zero-order valence-corrected chi connectivity index (χ0v) is 49.1. The third-order valence-corrected chi connectivity index (χ3v) is 18.6. The van der Waals surface area contributed by atoms with Crippen LogP contribution >= 0.6 is 0 Å². The van der Waals surface area contributed by atoms with Gasteiger partial charge in [-0.1, -0.05) is 125 Å². The number of fused-ring (bicyclic) bond motifs is 8. The van der Waals surface area contributed by atoms with Crippen LogP contribution in [0.2, 0.25) is 0 Å². The third-order valence-electron chi connectivity index (χ3n) is 18.6. The van der Waals surface area contributed by atoms with E-state index in [1.807, 2.05) is 12.1 Å². The molecule has 0 radical (unpaired) electrons. The van der Waals surface area contributed by atoms with Gasteiger partial charge in [-0.15, -0.1) is 0 Å². The van der Waals surface area contributed by atoms with Gasteiger partial charge in [0.25, 0.3) is 11.4 Å². The summed E-state index contributed by atoms with van der Waals surface area (Å²) >= 11 is 0. The Balaban J connectivity index is 0.942. The second-order valence-corrected chi connectivity index (χ2v) is 24.2. The van der Waals surface area contributed by atoms with Crippen molar-refractivity contribution in [2.75, 3.05) is 36.0 Å². The number of unbranched alkanes of at least 4 members (excludes halogenated alkanes) is 5. The molecule has 0 aliphatic carbocycles. The molecular weight excluding hydrogens is 989 g/mol. The molecular formula is C70H82N6O4+2. The lowest BCUT2D eigenvalue weighted by molar-refractivity contribution is -0.438. The molecule has 0 bridgehead atoms. The van der Waals surface area contributed by atoms with Crippen LogP contribution in [-0.4, -0.2) is 56.6 Å². The molecule has 10 heteroatoms. The van der Waals surface area contributed by atoms with Crippen molar-refractivity contribution in [2.24, 2.45) is 0 Å². The summed E-state index contributed by atoms with van der Waals surface area (Å²) in [6, 6.07) is 37.7. The van der Waals surface area contributed by atoms with Crippen LogP contribution in [0.4, 0.5) is 34.1 Å². The van der Waals surface area contributed by atoms with Crippen molar-refractivity contribution in [3.63, 3.8) is 0 Å². The number of benzene rings is 6. The van der Waals surface area contributed by atoms with Gasteiger partial charge >= 0.3 is 0 Å². The van der Waals surface area contributed by atoms with Crippen molar-refractivity contribution in [1.82, 2.24) is 0 Å². The van der Waals surface area contributed by atoms with E-state index in [1.54, 1.807) is 24.3 Å². The number of hydrogen-bond acceptors (Lipinski definition) is 6. The fraction of sp³-hybridized carbons (Fsp3) is 0.400. The molecule has 0 spiro atoms. The second kappa shape index (κ2) is 22.2. The van der Waals surface area contributed by atoms with Crippen LogP contribution in [0.3, 0.4) is 0 Å². The summed E-state index contributed by atoms with van der Waals surface area (Å²) in [5.74, 6) is 0. The van der Waals surface area contributed by atoms with Gasteiger partial charge in [0.1, 0.15) is 13.1 Å². The van der Waals surface area contributed by atoms with Crippen molar-refractivity contribution in [3.8, 4) is 0 Å². The number of anilines is 2. The number of nitrogens with zero attached hydrogens (tertiary/aromatic N) is 6. The fourth-order valence-corrected chi connectivity index (χ4v) is 14.4. The molecule has 2 unspecified atom stereocenters. The van der Waals surface area contributed by atoms with E-state index in [2.05, 4.69) is 197 Å². The first kappa shape index (κ1) is 55.8. The minimum atomic E-state index is -0.414. The normalized spacial score (nSPS) is 20.9. The van der Waals surface area contributed by atoms with Crippen LogP contribution in [0.1, 0.15) is 156 Å². The Morgan fingerprint density at radius 1 is 0.500 bits per heavy atom. The second-order valence-electron chi connectivity index (χ2n) is 24.2. The van der Waals surface area contributed by atoms with E-state index in [0.717, 1.165) is 113 Å². The van der Waals surface area contributed by atoms with E-state index in [9.17, 15) is 20.2 Å². The number of non-ortho nitro benzene ring substituents is 2. The maximum Gasteiger partial charge on any atom is 0.270 e. The number of allylic oxidation sites excluding steroid dienone is 8. The fourth-order valence-electron chi connectivity index (χ4n) is 14.4. The van der Waals surface area contributed by atoms with E-state index >= 15 is 0 Å². The van der Waals surface area contributed by atoms with E-state index in [0.29, 0.717) is 0 Å². The standard InChI is InChI=1S/C70H82N6O4/c1-11-15-45-73-57-41-37-51(75(77)78)47-55(57)67(5,6)61(73)31-25-33-63-69(9,65-53-29-21-19-27-49(53)35-39-59(65)71(63)13-3)43-23-17-18-24-44-70(10)64(72(14-4)60-40-36-50-28-20-22-30-54(50)66(60)70)34-26-32-62-68(7,8)56-48-52(76(79)80)38-42-58(56)74(62)46-16-12-2/h19-22,25-42,47-48H,11-18,23-24,43-46H2,1-10H3/q+2. The Labute approximate surface area is 474 Å². The first-order valence-electron chi connectivity index (χ1n) is 29.7. The summed E-state index contributed by atoms with van der Waals surface area (Å²) in [5.41, 5.74) is 13.4. The first-order chi connectivity index (χ1) is 38.5. The molecule has 0 saturated heterocycles. The van der Waals surface area contributed by atoms with Crippen LogP contribution in [0.25, 0.3) is 21.5 Å². The summed E-state index contributed by atoms with van der Waals surface area (Å²) in [4.78, 5) is 28.4. The average Bonchev–Trinajstić information content (AvgIpc) is 4.19. The predicted molar refractivity (Wildman–Crippen MR) is 332 cm³/mol. The van der Waals surface area contributed by atoms with Gasteiger partial charge in [0.15, 0.2) is 11.4 Å². The lowest BCUT2D eigenvalue weighted by Gasteiger charge is -2.31. The van der Waals surface area contributed by atoms with Crippen LogP contribution in [-0.2, 0) is 21.7 Å². The Morgan fingerprint density at radius 2 is 0.900 bits per heavy atom. The summed E-state index contributed by atoms with van der Waals surface area (Å²) in [6.45, 7) is 26.1. The minimum absolute atomic E-state index is 0.133. The highest BCUT2D eigenvalue weighted by Crippen LogP contribution is 2.55. The third kappa shape index (κ3) is 9.50.